The Morgan fingerprint density at radius 3 is 2.60 bits per heavy atom. The van der Waals surface area contributed by atoms with Crippen molar-refractivity contribution in [3.05, 3.63) is 28.2 Å². The molecule has 1 unspecified atom stereocenters. The van der Waals surface area contributed by atoms with E-state index in [2.05, 4.69) is 39.0 Å². The molecule has 0 aliphatic heterocycles. The Labute approximate surface area is 130 Å². The van der Waals surface area contributed by atoms with Crippen LogP contribution in [0.5, 0.6) is 0 Å². The highest BCUT2D eigenvalue weighted by molar-refractivity contribution is 9.10. The highest BCUT2D eigenvalue weighted by atomic mass is 79.9. The molecule has 1 saturated carbocycles. The third-order valence-electron chi connectivity index (χ3n) is 4.16. The molecule has 3 nitrogen and oxygen atoms in total. The fourth-order valence-electron chi connectivity index (χ4n) is 3.04. The summed E-state index contributed by atoms with van der Waals surface area (Å²) in [7, 11) is 0. The van der Waals surface area contributed by atoms with Crippen LogP contribution < -0.4 is 10.6 Å². The molecule has 1 atom stereocenters. The minimum absolute atomic E-state index is 0.0429. The molecule has 2 rings (SSSR count). The minimum atomic E-state index is 0.0429. The van der Waals surface area contributed by atoms with Gasteiger partial charge in [0.05, 0.1) is 12.3 Å². The fourth-order valence-corrected chi connectivity index (χ4v) is 3.66. The molecule has 4 heteroatoms. The van der Waals surface area contributed by atoms with E-state index in [1.54, 1.807) is 0 Å². The topological polar surface area (TPSA) is 49.5 Å². The van der Waals surface area contributed by atoms with Crippen molar-refractivity contribution in [1.82, 2.24) is 0 Å². The van der Waals surface area contributed by atoms with Gasteiger partial charge in [-0.25, -0.2) is 0 Å². The van der Waals surface area contributed by atoms with Crippen molar-refractivity contribution in [3.63, 3.8) is 0 Å². The van der Waals surface area contributed by atoms with E-state index in [0.717, 1.165) is 10.0 Å². The maximum absolute atomic E-state index is 9.39. The Kier molecular flexibility index (Phi) is 5.87. The van der Waals surface area contributed by atoms with Gasteiger partial charge < -0.3 is 15.7 Å². The van der Waals surface area contributed by atoms with Gasteiger partial charge in [0.1, 0.15) is 0 Å². The van der Waals surface area contributed by atoms with Crippen molar-refractivity contribution in [2.24, 2.45) is 5.73 Å². The van der Waals surface area contributed by atoms with Gasteiger partial charge in [-0.2, -0.15) is 0 Å². The SMILES string of the molecule is CC(N)c1ccc(N(CCO)C2CCCCC2)c(Br)c1. The lowest BCUT2D eigenvalue weighted by Gasteiger charge is -2.36. The van der Waals surface area contributed by atoms with Gasteiger partial charge in [0, 0.05) is 23.1 Å². The average molecular weight is 341 g/mol. The van der Waals surface area contributed by atoms with Crippen LogP contribution in [0.3, 0.4) is 0 Å². The van der Waals surface area contributed by atoms with Crippen LogP contribution in [0, 0.1) is 0 Å². The molecule has 0 spiro atoms. The molecule has 0 saturated heterocycles. The van der Waals surface area contributed by atoms with Crippen molar-refractivity contribution in [2.45, 2.75) is 51.1 Å². The first-order chi connectivity index (χ1) is 9.63. The van der Waals surface area contributed by atoms with Gasteiger partial charge in [-0.3, -0.25) is 0 Å². The normalized spacial score (nSPS) is 18.0. The smallest absolute Gasteiger partial charge is 0.0606 e. The highest BCUT2D eigenvalue weighted by Gasteiger charge is 2.22. The van der Waals surface area contributed by atoms with Gasteiger partial charge in [-0.1, -0.05) is 25.3 Å². The van der Waals surface area contributed by atoms with Crippen LogP contribution in [-0.4, -0.2) is 24.3 Å². The first-order valence-corrected chi connectivity index (χ1v) is 8.35. The molecule has 1 aromatic carbocycles. The molecule has 3 N–H and O–H groups in total. The highest BCUT2D eigenvalue weighted by Crippen LogP contribution is 2.33. The zero-order valence-corrected chi connectivity index (χ0v) is 13.8. The summed E-state index contributed by atoms with van der Waals surface area (Å²) in [6.45, 7) is 2.88. The lowest BCUT2D eigenvalue weighted by atomic mass is 9.93. The van der Waals surface area contributed by atoms with Crippen LogP contribution in [0.2, 0.25) is 0 Å². The summed E-state index contributed by atoms with van der Waals surface area (Å²) in [5.41, 5.74) is 8.24. The molecular weight excluding hydrogens is 316 g/mol. The van der Waals surface area contributed by atoms with Gasteiger partial charge in [0.15, 0.2) is 0 Å². The Bertz CT molecular complexity index is 430. The van der Waals surface area contributed by atoms with Crippen LogP contribution in [0.1, 0.15) is 50.6 Å². The number of nitrogens with zero attached hydrogens (tertiary/aromatic N) is 1. The third-order valence-corrected chi connectivity index (χ3v) is 4.80. The van der Waals surface area contributed by atoms with E-state index < -0.39 is 0 Å². The van der Waals surface area contributed by atoms with E-state index in [0.29, 0.717) is 12.6 Å². The summed E-state index contributed by atoms with van der Waals surface area (Å²) in [5.74, 6) is 0. The summed E-state index contributed by atoms with van der Waals surface area (Å²) in [6, 6.07) is 6.92. The van der Waals surface area contributed by atoms with Gasteiger partial charge in [0.2, 0.25) is 0 Å². The molecule has 0 heterocycles. The lowest BCUT2D eigenvalue weighted by Crippen LogP contribution is -2.39. The molecule has 0 bridgehead atoms. The fraction of sp³-hybridized carbons (Fsp3) is 0.625. The average Bonchev–Trinajstić information content (AvgIpc) is 2.46. The summed E-state index contributed by atoms with van der Waals surface area (Å²) in [6.07, 6.45) is 6.38. The third kappa shape index (κ3) is 3.74. The zero-order valence-electron chi connectivity index (χ0n) is 12.2. The number of hydrogen-bond acceptors (Lipinski definition) is 3. The monoisotopic (exact) mass is 340 g/mol. The van der Waals surface area contributed by atoms with Gasteiger partial charge in [0.25, 0.3) is 0 Å². The molecule has 112 valence electrons. The van der Waals surface area contributed by atoms with Crippen molar-refractivity contribution in [1.29, 1.82) is 0 Å². The van der Waals surface area contributed by atoms with Crippen molar-refractivity contribution >= 4 is 21.6 Å². The van der Waals surface area contributed by atoms with Crippen LogP contribution in [0.25, 0.3) is 0 Å². The number of aliphatic hydroxyl groups is 1. The summed E-state index contributed by atoms with van der Waals surface area (Å²) in [4.78, 5) is 2.36. The Morgan fingerprint density at radius 1 is 1.35 bits per heavy atom. The standard InChI is InChI=1S/C16H25BrN2O/c1-12(18)13-7-8-16(15(17)11-13)19(9-10-20)14-5-3-2-4-6-14/h7-8,11-12,14,20H,2-6,9-10,18H2,1H3. The van der Waals surface area contributed by atoms with Crippen LogP contribution in [0.15, 0.2) is 22.7 Å². The van der Waals surface area contributed by atoms with E-state index >= 15 is 0 Å². The Balaban J connectivity index is 2.24. The molecule has 1 aliphatic rings. The quantitative estimate of drug-likeness (QED) is 0.860. The van der Waals surface area contributed by atoms with Crippen molar-refractivity contribution < 1.29 is 5.11 Å². The molecule has 0 radical (unpaired) electrons. The van der Waals surface area contributed by atoms with E-state index in [4.69, 9.17) is 5.73 Å². The maximum atomic E-state index is 9.39. The molecule has 0 amide bonds. The molecule has 20 heavy (non-hydrogen) atoms. The van der Waals surface area contributed by atoms with Crippen LogP contribution in [0.4, 0.5) is 5.69 Å². The lowest BCUT2D eigenvalue weighted by molar-refractivity contribution is 0.290. The number of benzene rings is 1. The first kappa shape index (κ1) is 15.8. The van der Waals surface area contributed by atoms with Gasteiger partial charge in [-0.15, -0.1) is 0 Å². The molecule has 0 aromatic heterocycles. The number of nitrogens with two attached hydrogens (primary N) is 1. The van der Waals surface area contributed by atoms with E-state index in [9.17, 15) is 5.11 Å². The predicted octanol–water partition coefficient (Wildman–Crippen LogP) is 3.60. The van der Waals surface area contributed by atoms with Gasteiger partial charge in [-0.05, 0) is 53.4 Å². The molecule has 1 aliphatic carbocycles. The Morgan fingerprint density at radius 2 is 2.05 bits per heavy atom. The molecule has 1 aromatic rings. The second-order valence-electron chi connectivity index (χ2n) is 5.71. The van der Waals surface area contributed by atoms with E-state index in [1.165, 1.54) is 37.8 Å². The second-order valence-corrected chi connectivity index (χ2v) is 6.56. The largest absolute Gasteiger partial charge is 0.395 e. The number of aliphatic hydroxyl groups excluding tert-OH is 1. The number of anilines is 1. The van der Waals surface area contributed by atoms with Crippen LogP contribution >= 0.6 is 15.9 Å². The van der Waals surface area contributed by atoms with Crippen molar-refractivity contribution in [2.75, 3.05) is 18.1 Å². The number of hydrogen-bond donors (Lipinski definition) is 2. The van der Waals surface area contributed by atoms with E-state index in [-0.39, 0.29) is 12.6 Å². The first-order valence-electron chi connectivity index (χ1n) is 7.56. The van der Waals surface area contributed by atoms with Crippen LogP contribution in [-0.2, 0) is 0 Å². The Hall–Kier alpha value is -0.580. The van der Waals surface area contributed by atoms with Gasteiger partial charge >= 0.3 is 0 Å². The predicted molar refractivity (Wildman–Crippen MR) is 88.0 cm³/mol. The summed E-state index contributed by atoms with van der Waals surface area (Å²) in [5, 5.41) is 9.39. The minimum Gasteiger partial charge on any atom is -0.395 e. The summed E-state index contributed by atoms with van der Waals surface area (Å²) >= 11 is 3.67. The zero-order chi connectivity index (χ0) is 14.5. The number of rotatable bonds is 5. The van der Waals surface area contributed by atoms with Crippen molar-refractivity contribution in [3.8, 4) is 0 Å². The summed E-state index contributed by atoms with van der Waals surface area (Å²) < 4.78 is 1.08. The maximum Gasteiger partial charge on any atom is 0.0606 e. The second kappa shape index (κ2) is 7.43. The molecular formula is C16H25BrN2O. The molecule has 1 fully saturated rings. The van der Waals surface area contributed by atoms with E-state index in [1.807, 2.05) is 6.92 Å². The number of halogens is 1.